The maximum atomic E-state index is 11.3. The van der Waals surface area contributed by atoms with E-state index >= 15 is 0 Å². The predicted octanol–water partition coefficient (Wildman–Crippen LogP) is 2.26. The van der Waals surface area contributed by atoms with Crippen LogP contribution < -0.4 is 9.64 Å². The Morgan fingerprint density at radius 1 is 1.00 bits per heavy atom. The van der Waals surface area contributed by atoms with E-state index in [9.17, 15) is 9.90 Å². The average molecular weight is 479 g/mol. The highest BCUT2D eigenvalue weighted by Crippen LogP contribution is 2.21. The van der Waals surface area contributed by atoms with Gasteiger partial charge >= 0.3 is 11.9 Å². The minimum atomic E-state index is -1.82. The number of carboxylic acids is 2. The van der Waals surface area contributed by atoms with Gasteiger partial charge < -0.3 is 25.0 Å². The molecule has 3 N–H and O–H groups in total. The Labute approximate surface area is 196 Å². The zero-order chi connectivity index (χ0) is 24.4. The van der Waals surface area contributed by atoms with E-state index < -0.39 is 18.0 Å². The molecule has 178 valence electrons. The summed E-state index contributed by atoms with van der Waals surface area (Å²) in [5.41, 5.74) is 1.79. The van der Waals surface area contributed by atoms with Gasteiger partial charge in [-0.3, -0.25) is 9.69 Å². The van der Waals surface area contributed by atoms with E-state index in [4.69, 9.17) is 36.1 Å². The second-order valence-corrected chi connectivity index (χ2v) is 7.86. The number of halogens is 1. The predicted molar refractivity (Wildman–Crippen MR) is 123 cm³/mol. The number of ether oxygens (including phenoxy) is 1. The number of hydrogen-bond donors (Lipinski definition) is 3. The molecule has 0 aliphatic carbocycles. The van der Waals surface area contributed by atoms with Gasteiger partial charge in [0.25, 0.3) is 0 Å². The lowest BCUT2D eigenvalue weighted by Crippen LogP contribution is -2.49. The van der Waals surface area contributed by atoms with E-state index in [1.165, 1.54) is 6.92 Å². The van der Waals surface area contributed by atoms with E-state index in [2.05, 4.69) is 15.9 Å². The number of nitrogens with zero attached hydrogens (tertiary/aromatic N) is 2. The third-order valence-corrected chi connectivity index (χ3v) is 5.14. The summed E-state index contributed by atoms with van der Waals surface area (Å²) >= 11 is 6.07. The summed E-state index contributed by atoms with van der Waals surface area (Å²) in [6.07, 6.45) is -0.560. The molecule has 33 heavy (non-hydrogen) atoms. The summed E-state index contributed by atoms with van der Waals surface area (Å²) in [6.45, 7) is 5.92. The number of carboxylic acid groups (broad SMARTS) is 2. The van der Waals surface area contributed by atoms with Gasteiger partial charge in [0, 0.05) is 49.0 Å². The first kappa shape index (κ1) is 26.1. The largest absolute Gasteiger partial charge is 0.491 e. The van der Waals surface area contributed by atoms with Crippen molar-refractivity contribution in [2.75, 3.05) is 44.2 Å². The number of carbonyl (C=O) groups excluding carboxylic acids is 1. The number of piperazine rings is 1. The van der Waals surface area contributed by atoms with E-state index in [1.807, 2.05) is 18.2 Å². The van der Waals surface area contributed by atoms with E-state index in [-0.39, 0.29) is 12.4 Å². The topological polar surface area (TPSA) is 128 Å². The maximum absolute atomic E-state index is 11.3. The Morgan fingerprint density at radius 3 is 2.12 bits per heavy atom. The number of rotatable bonds is 7. The first-order valence-electron chi connectivity index (χ1n) is 10.3. The van der Waals surface area contributed by atoms with Gasteiger partial charge in [-0.15, -0.1) is 0 Å². The Hall–Kier alpha value is -3.14. The van der Waals surface area contributed by atoms with Crippen LogP contribution in [-0.4, -0.2) is 83.4 Å². The number of aliphatic carboxylic acids is 2. The standard InChI is InChI=1S/C21H25ClN2O3.C2H2O4/c1-16(25)17-5-7-21(8-6-17)27-15-20(26)14-23-9-11-24(12-10-23)19-4-2-3-18(22)13-19;3-1(4)2(5)6/h2-8,13,20,26H,9-12,14-15H2,1H3;(H,3,4)(H,5,6). The van der Waals surface area contributed by atoms with Crippen molar-refractivity contribution in [2.45, 2.75) is 13.0 Å². The first-order chi connectivity index (χ1) is 15.7. The van der Waals surface area contributed by atoms with E-state index in [0.717, 1.165) is 36.9 Å². The van der Waals surface area contributed by atoms with Crippen molar-refractivity contribution >= 4 is 35.0 Å². The fourth-order valence-electron chi connectivity index (χ4n) is 3.19. The number of hydrogen-bond acceptors (Lipinski definition) is 7. The second kappa shape index (κ2) is 12.8. The van der Waals surface area contributed by atoms with E-state index in [0.29, 0.717) is 17.9 Å². The van der Waals surface area contributed by atoms with Crippen LogP contribution in [0.5, 0.6) is 5.75 Å². The van der Waals surface area contributed by atoms with Crippen LogP contribution in [0.3, 0.4) is 0 Å². The lowest BCUT2D eigenvalue weighted by molar-refractivity contribution is -0.159. The van der Waals surface area contributed by atoms with Crippen LogP contribution >= 0.6 is 11.6 Å². The highest BCUT2D eigenvalue weighted by Gasteiger charge is 2.20. The molecule has 2 aromatic rings. The zero-order valence-corrected chi connectivity index (χ0v) is 18.9. The van der Waals surface area contributed by atoms with Crippen molar-refractivity contribution in [3.8, 4) is 5.75 Å². The molecule has 0 bridgehead atoms. The molecule has 1 unspecified atom stereocenters. The van der Waals surface area contributed by atoms with E-state index in [1.54, 1.807) is 24.3 Å². The lowest BCUT2D eigenvalue weighted by atomic mass is 10.1. The Bertz CT molecular complexity index is 932. The molecule has 1 fully saturated rings. The third-order valence-electron chi connectivity index (χ3n) is 4.90. The molecule has 0 radical (unpaired) electrons. The van der Waals surface area contributed by atoms with Crippen LogP contribution in [-0.2, 0) is 9.59 Å². The van der Waals surface area contributed by atoms with Crippen molar-refractivity contribution in [2.24, 2.45) is 0 Å². The second-order valence-electron chi connectivity index (χ2n) is 7.42. The maximum Gasteiger partial charge on any atom is 0.414 e. The minimum absolute atomic E-state index is 0.0264. The van der Waals surface area contributed by atoms with Crippen LogP contribution in [0.1, 0.15) is 17.3 Å². The molecule has 10 heteroatoms. The molecule has 0 spiro atoms. The van der Waals surface area contributed by atoms with Crippen LogP contribution in [0.25, 0.3) is 0 Å². The molecular weight excluding hydrogens is 452 g/mol. The van der Waals surface area contributed by atoms with Gasteiger partial charge in [0.15, 0.2) is 5.78 Å². The molecule has 1 atom stereocenters. The van der Waals surface area contributed by atoms with Crippen molar-refractivity contribution in [1.82, 2.24) is 4.90 Å². The summed E-state index contributed by atoms with van der Waals surface area (Å²) in [7, 11) is 0. The number of benzene rings is 2. The van der Waals surface area contributed by atoms with Crippen molar-refractivity contribution < 1.29 is 34.4 Å². The molecule has 1 aliphatic heterocycles. The molecule has 0 amide bonds. The number of aliphatic hydroxyl groups is 1. The van der Waals surface area contributed by atoms with Crippen LogP contribution in [0.4, 0.5) is 5.69 Å². The third kappa shape index (κ3) is 9.09. The molecule has 0 saturated carbocycles. The number of ketones is 1. The summed E-state index contributed by atoms with van der Waals surface area (Å²) in [5, 5.41) is 25.8. The fourth-order valence-corrected chi connectivity index (χ4v) is 3.38. The van der Waals surface area contributed by atoms with Gasteiger partial charge in [-0.05, 0) is 49.4 Å². The number of carbonyl (C=O) groups is 3. The number of β-amino-alcohol motifs (C(OH)–C–C–N with tert-alkyl or cyclic N) is 1. The van der Waals surface area contributed by atoms with Gasteiger partial charge in [0.1, 0.15) is 18.5 Å². The summed E-state index contributed by atoms with van der Waals surface area (Å²) < 4.78 is 5.63. The molecule has 1 heterocycles. The first-order valence-corrected chi connectivity index (χ1v) is 10.6. The Kier molecular flexibility index (Phi) is 10.1. The average Bonchev–Trinajstić information content (AvgIpc) is 2.79. The quantitative estimate of drug-likeness (QED) is 0.405. The summed E-state index contributed by atoms with van der Waals surface area (Å²) in [6, 6.07) is 14.9. The molecule has 9 nitrogen and oxygen atoms in total. The molecule has 1 aliphatic rings. The minimum Gasteiger partial charge on any atom is -0.491 e. The van der Waals surface area contributed by atoms with Gasteiger partial charge in [0.2, 0.25) is 0 Å². The van der Waals surface area contributed by atoms with Gasteiger partial charge in [-0.1, -0.05) is 17.7 Å². The highest BCUT2D eigenvalue weighted by molar-refractivity contribution is 6.30. The SMILES string of the molecule is CC(=O)c1ccc(OCC(O)CN2CCN(c3cccc(Cl)c3)CC2)cc1.O=C(O)C(=O)O. The highest BCUT2D eigenvalue weighted by atomic mass is 35.5. The molecule has 2 aromatic carbocycles. The van der Waals surface area contributed by atoms with Crippen LogP contribution in [0, 0.1) is 0 Å². The number of aliphatic hydroxyl groups excluding tert-OH is 1. The van der Waals surface area contributed by atoms with Gasteiger partial charge in [-0.25, -0.2) is 9.59 Å². The van der Waals surface area contributed by atoms with Gasteiger partial charge in [0.05, 0.1) is 0 Å². The monoisotopic (exact) mass is 478 g/mol. The lowest BCUT2D eigenvalue weighted by Gasteiger charge is -2.36. The van der Waals surface area contributed by atoms with Gasteiger partial charge in [-0.2, -0.15) is 0 Å². The Morgan fingerprint density at radius 2 is 1.61 bits per heavy atom. The number of anilines is 1. The smallest absolute Gasteiger partial charge is 0.414 e. The fraction of sp³-hybridized carbons (Fsp3) is 0.348. The van der Waals surface area contributed by atoms with Crippen molar-refractivity contribution in [1.29, 1.82) is 0 Å². The molecule has 0 aromatic heterocycles. The normalized spacial score (nSPS) is 14.6. The molecule has 1 saturated heterocycles. The van der Waals surface area contributed by atoms with Crippen LogP contribution in [0.15, 0.2) is 48.5 Å². The molecule has 3 rings (SSSR count). The van der Waals surface area contributed by atoms with Crippen molar-refractivity contribution in [3.63, 3.8) is 0 Å². The molecular formula is C23H27ClN2O7. The Balaban J connectivity index is 0.000000569. The summed E-state index contributed by atoms with van der Waals surface area (Å²) in [5.74, 6) is -2.96. The van der Waals surface area contributed by atoms with Crippen LogP contribution in [0.2, 0.25) is 5.02 Å². The van der Waals surface area contributed by atoms with Crippen molar-refractivity contribution in [3.05, 3.63) is 59.1 Å². The summed E-state index contributed by atoms with van der Waals surface area (Å²) in [4.78, 5) is 34.0. The number of Topliss-reactive ketones (excluding diaryl/α,β-unsaturated/α-hetero) is 1. The zero-order valence-electron chi connectivity index (χ0n) is 18.2.